The van der Waals surface area contributed by atoms with E-state index in [4.69, 9.17) is 0 Å². The minimum atomic E-state index is -4.90. The van der Waals surface area contributed by atoms with Crippen LogP contribution in [-0.2, 0) is 4.74 Å². The number of rotatable bonds is 5. The molecule has 1 nitrogen and oxygen atoms in total. The van der Waals surface area contributed by atoms with Gasteiger partial charge in [0.15, 0.2) is 0 Å². The van der Waals surface area contributed by atoms with Gasteiger partial charge in [0.25, 0.3) is 0 Å². The summed E-state index contributed by atoms with van der Waals surface area (Å²) >= 11 is 0. The third kappa shape index (κ3) is 4.66. The molecule has 0 N–H and O–H groups in total. The van der Waals surface area contributed by atoms with Crippen LogP contribution in [0.1, 0.15) is 38.5 Å². The highest BCUT2D eigenvalue weighted by Crippen LogP contribution is 2.47. The summed E-state index contributed by atoms with van der Waals surface area (Å²) in [5.74, 6) is -1.20. The molecule has 0 aliphatic heterocycles. The zero-order valence-corrected chi connectivity index (χ0v) is 12.8. The molecule has 1 fully saturated rings. The van der Waals surface area contributed by atoms with Gasteiger partial charge >= 0.3 is 6.36 Å². The molecule has 2 rings (SSSR count). The van der Waals surface area contributed by atoms with Crippen LogP contribution in [0.4, 0.5) is 22.0 Å². The molecule has 0 heterocycles. The number of alkyl halides is 4. The first-order chi connectivity index (χ1) is 10.9. The van der Waals surface area contributed by atoms with Crippen molar-refractivity contribution in [2.45, 2.75) is 50.5 Å². The van der Waals surface area contributed by atoms with Gasteiger partial charge in [-0.1, -0.05) is 18.2 Å². The first-order valence-electron chi connectivity index (χ1n) is 7.91. The second-order valence-corrected chi connectivity index (χ2v) is 6.05. The molecule has 1 saturated carbocycles. The van der Waals surface area contributed by atoms with Gasteiger partial charge in [-0.15, -0.1) is 13.2 Å². The van der Waals surface area contributed by atoms with Gasteiger partial charge in [0.2, 0.25) is 0 Å². The Balaban J connectivity index is 2.09. The molecule has 1 atom stereocenters. The molecule has 0 radical (unpaired) electrons. The van der Waals surface area contributed by atoms with Crippen molar-refractivity contribution in [3.63, 3.8) is 0 Å². The van der Waals surface area contributed by atoms with Crippen LogP contribution in [0.5, 0.6) is 0 Å². The minimum absolute atomic E-state index is 0.209. The summed E-state index contributed by atoms with van der Waals surface area (Å²) in [7, 11) is 0. The Bertz CT molecular complexity index is 472. The zero-order chi connectivity index (χ0) is 16.9. The molecule has 2 aliphatic carbocycles. The van der Waals surface area contributed by atoms with Crippen LogP contribution in [0.2, 0.25) is 0 Å². The van der Waals surface area contributed by atoms with Crippen molar-refractivity contribution in [1.82, 2.24) is 0 Å². The van der Waals surface area contributed by atoms with Crippen molar-refractivity contribution < 1.29 is 26.7 Å². The van der Waals surface area contributed by atoms with Gasteiger partial charge in [0, 0.05) is 0 Å². The largest absolute Gasteiger partial charge is 0.523 e. The first kappa shape index (κ1) is 18.2. The second kappa shape index (κ2) is 7.60. The van der Waals surface area contributed by atoms with E-state index in [1.54, 1.807) is 6.08 Å². The monoisotopic (exact) mass is 336 g/mol. The molecule has 1 unspecified atom stereocenters. The lowest BCUT2D eigenvalue weighted by Crippen LogP contribution is -2.46. The Labute approximate surface area is 132 Å². The van der Waals surface area contributed by atoms with Crippen LogP contribution in [0.25, 0.3) is 0 Å². The van der Waals surface area contributed by atoms with Gasteiger partial charge in [-0.2, -0.15) is 0 Å². The molecule has 0 amide bonds. The highest BCUT2D eigenvalue weighted by atomic mass is 19.4. The molecule has 0 aromatic carbocycles. The molecule has 23 heavy (non-hydrogen) atoms. The topological polar surface area (TPSA) is 9.23 Å². The number of ether oxygens (including phenoxy) is 1. The molecule has 0 aromatic heterocycles. The average Bonchev–Trinajstić information content (AvgIpc) is 2.49. The lowest BCUT2D eigenvalue weighted by Gasteiger charge is -2.41. The second-order valence-electron chi connectivity index (χ2n) is 6.05. The lowest BCUT2D eigenvalue weighted by atomic mass is 9.71. The molecule has 130 valence electrons. The summed E-state index contributed by atoms with van der Waals surface area (Å²) < 4.78 is 69.0. The van der Waals surface area contributed by atoms with Gasteiger partial charge in [-0.25, -0.2) is 4.39 Å². The Hall–Kier alpha value is -1.17. The molecule has 0 aromatic rings. The predicted octanol–water partition coefficient (Wildman–Crippen LogP) is 5.80. The van der Waals surface area contributed by atoms with E-state index < -0.39 is 30.4 Å². The third-order valence-electron chi connectivity index (χ3n) is 4.52. The van der Waals surface area contributed by atoms with Crippen molar-refractivity contribution in [3.05, 3.63) is 36.2 Å². The molecule has 6 heteroatoms. The molecular weight excluding hydrogens is 315 g/mol. The lowest BCUT2D eigenvalue weighted by molar-refractivity contribution is -0.362. The maximum atomic E-state index is 14.3. The van der Waals surface area contributed by atoms with E-state index in [-0.39, 0.29) is 12.3 Å². The van der Waals surface area contributed by atoms with Crippen LogP contribution in [0.15, 0.2) is 36.2 Å². The van der Waals surface area contributed by atoms with Gasteiger partial charge in [-0.05, 0) is 62.5 Å². The number of halogens is 5. The van der Waals surface area contributed by atoms with E-state index >= 15 is 0 Å². The van der Waals surface area contributed by atoms with E-state index in [2.05, 4.69) is 4.74 Å². The fraction of sp³-hybridized carbons (Fsp3) is 0.647. The summed E-state index contributed by atoms with van der Waals surface area (Å²) in [6.07, 6.45) is 5.46. The Morgan fingerprint density at radius 1 is 1.22 bits per heavy atom. The first-order valence-corrected chi connectivity index (χ1v) is 7.91. The van der Waals surface area contributed by atoms with Gasteiger partial charge < -0.3 is 0 Å². The number of allylic oxidation sites excluding steroid dienone is 4. The van der Waals surface area contributed by atoms with E-state index in [1.165, 1.54) is 12.2 Å². The van der Waals surface area contributed by atoms with Crippen molar-refractivity contribution in [2.24, 2.45) is 11.8 Å². The maximum absolute atomic E-state index is 14.3. The van der Waals surface area contributed by atoms with Crippen LogP contribution < -0.4 is 0 Å². The Morgan fingerprint density at radius 2 is 1.91 bits per heavy atom. The number of hydrogen-bond acceptors (Lipinski definition) is 1. The Morgan fingerprint density at radius 3 is 2.48 bits per heavy atom. The third-order valence-corrected chi connectivity index (χ3v) is 4.52. The molecule has 0 spiro atoms. The Kier molecular flexibility index (Phi) is 6.00. The summed E-state index contributed by atoms with van der Waals surface area (Å²) in [6, 6.07) is 0. The standard InChI is InChI=1S/C17H21F5O/c18-12-4-2-5-13-7-9-14(10-8-13)16(23-17(20,21)22)11-3-1-6-15(16)19/h2-3,5-6,11,13-14H,1,4,7-10,12H2/b5-2+. The van der Waals surface area contributed by atoms with Gasteiger partial charge in [0.1, 0.15) is 11.4 Å². The summed E-state index contributed by atoms with van der Waals surface area (Å²) in [4.78, 5) is 0. The normalized spacial score (nSPS) is 32.3. The maximum Gasteiger partial charge on any atom is 0.523 e. The van der Waals surface area contributed by atoms with Crippen molar-refractivity contribution >= 4 is 0 Å². The van der Waals surface area contributed by atoms with Gasteiger partial charge in [-0.3, -0.25) is 9.13 Å². The smallest absolute Gasteiger partial charge is 0.273 e. The van der Waals surface area contributed by atoms with Crippen LogP contribution in [-0.4, -0.2) is 18.6 Å². The molecule has 2 aliphatic rings. The minimum Gasteiger partial charge on any atom is -0.273 e. The molecule has 0 bridgehead atoms. The summed E-state index contributed by atoms with van der Waals surface area (Å²) in [5.41, 5.74) is -2.02. The fourth-order valence-electron chi connectivity index (χ4n) is 3.43. The SMILES string of the molecule is FCC/C=C/C1CCC(C2(OC(F)(F)F)C=CCC=C2F)CC1. The van der Waals surface area contributed by atoms with E-state index in [0.29, 0.717) is 32.1 Å². The highest BCUT2D eigenvalue weighted by Gasteiger charge is 2.51. The van der Waals surface area contributed by atoms with E-state index in [0.717, 1.165) is 6.08 Å². The zero-order valence-electron chi connectivity index (χ0n) is 12.8. The predicted molar refractivity (Wildman–Crippen MR) is 78.0 cm³/mol. The van der Waals surface area contributed by atoms with Crippen molar-refractivity contribution in [1.29, 1.82) is 0 Å². The van der Waals surface area contributed by atoms with Crippen molar-refractivity contribution in [3.8, 4) is 0 Å². The number of hydrogen-bond donors (Lipinski definition) is 0. The highest BCUT2D eigenvalue weighted by molar-refractivity contribution is 5.28. The van der Waals surface area contributed by atoms with E-state index in [1.807, 2.05) is 6.08 Å². The summed E-state index contributed by atoms with van der Waals surface area (Å²) in [5, 5.41) is 0. The van der Waals surface area contributed by atoms with Crippen LogP contribution >= 0.6 is 0 Å². The van der Waals surface area contributed by atoms with Crippen LogP contribution in [0.3, 0.4) is 0 Å². The van der Waals surface area contributed by atoms with E-state index in [9.17, 15) is 22.0 Å². The van der Waals surface area contributed by atoms with Crippen molar-refractivity contribution in [2.75, 3.05) is 6.67 Å². The summed E-state index contributed by atoms with van der Waals surface area (Å²) in [6.45, 7) is -0.421. The van der Waals surface area contributed by atoms with Crippen LogP contribution in [0, 0.1) is 11.8 Å². The molecule has 0 saturated heterocycles. The average molecular weight is 336 g/mol. The quantitative estimate of drug-likeness (QED) is 0.455. The van der Waals surface area contributed by atoms with Gasteiger partial charge in [0.05, 0.1) is 6.67 Å². The fourth-order valence-corrected chi connectivity index (χ4v) is 3.43. The molecular formula is C17H21F5O.